The number of likely N-dealkylation sites (tertiary alicyclic amines) is 1. The SMILES string of the molecule is COc1ccc(Cl)cc1C(=O)N1CCC(S(=O)(=O)c2nccn2C)CC1. The topological polar surface area (TPSA) is 81.5 Å². The molecule has 1 aliphatic heterocycles. The molecule has 1 aliphatic rings. The van der Waals surface area contributed by atoms with Crippen LogP contribution in [0.3, 0.4) is 0 Å². The summed E-state index contributed by atoms with van der Waals surface area (Å²) in [6.45, 7) is 0.700. The summed E-state index contributed by atoms with van der Waals surface area (Å²) in [5, 5.41) is -0.0333. The first-order valence-corrected chi connectivity index (χ1v) is 10.1. The zero-order chi connectivity index (χ0) is 18.9. The van der Waals surface area contributed by atoms with Crippen LogP contribution in [0, 0.1) is 0 Å². The lowest BCUT2D eigenvalue weighted by Gasteiger charge is -2.31. The van der Waals surface area contributed by atoms with Crippen LogP contribution < -0.4 is 4.74 Å². The van der Waals surface area contributed by atoms with Crippen LogP contribution in [0.1, 0.15) is 23.2 Å². The van der Waals surface area contributed by atoms with E-state index in [-0.39, 0.29) is 11.1 Å². The highest BCUT2D eigenvalue weighted by Crippen LogP contribution is 2.28. The third-order valence-corrected chi connectivity index (χ3v) is 7.08. The molecule has 0 unspecified atom stereocenters. The van der Waals surface area contributed by atoms with Crippen molar-refractivity contribution in [1.82, 2.24) is 14.5 Å². The van der Waals surface area contributed by atoms with Crippen molar-refractivity contribution >= 4 is 27.3 Å². The monoisotopic (exact) mass is 397 g/mol. The first-order valence-electron chi connectivity index (χ1n) is 8.18. The average molecular weight is 398 g/mol. The largest absolute Gasteiger partial charge is 0.496 e. The number of sulfone groups is 1. The number of ether oxygens (including phenoxy) is 1. The summed E-state index contributed by atoms with van der Waals surface area (Å²) in [6, 6.07) is 4.87. The number of carbonyl (C=O) groups is 1. The van der Waals surface area contributed by atoms with E-state index in [1.807, 2.05) is 0 Å². The van der Waals surface area contributed by atoms with Crippen molar-refractivity contribution in [3.8, 4) is 5.75 Å². The number of aryl methyl sites for hydroxylation is 1. The number of methoxy groups -OCH3 is 1. The number of amides is 1. The Morgan fingerprint density at radius 3 is 2.58 bits per heavy atom. The Morgan fingerprint density at radius 1 is 1.31 bits per heavy atom. The van der Waals surface area contributed by atoms with Gasteiger partial charge in [-0.3, -0.25) is 4.79 Å². The van der Waals surface area contributed by atoms with Crippen molar-refractivity contribution in [3.63, 3.8) is 0 Å². The summed E-state index contributed by atoms with van der Waals surface area (Å²) < 4.78 is 32.2. The number of hydrogen-bond donors (Lipinski definition) is 0. The number of benzene rings is 1. The van der Waals surface area contributed by atoms with Gasteiger partial charge in [0.25, 0.3) is 5.91 Å². The van der Waals surface area contributed by atoms with Crippen LogP contribution in [0.25, 0.3) is 0 Å². The van der Waals surface area contributed by atoms with Gasteiger partial charge in [0.2, 0.25) is 15.0 Å². The molecule has 1 aromatic carbocycles. The Labute approximate surface area is 157 Å². The highest BCUT2D eigenvalue weighted by molar-refractivity contribution is 7.91. The van der Waals surface area contributed by atoms with Gasteiger partial charge in [-0.05, 0) is 31.0 Å². The maximum Gasteiger partial charge on any atom is 0.257 e. The molecule has 0 bridgehead atoms. The summed E-state index contributed by atoms with van der Waals surface area (Å²) in [5.74, 6) is 0.236. The standard InChI is InChI=1S/C17H20ClN3O4S/c1-20-10-7-19-17(20)26(23,24)13-5-8-21(9-6-13)16(22)14-11-12(18)3-4-15(14)25-2/h3-4,7,10-11,13H,5-6,8-9H2,1-2H3. The van der Waals surface area contributed by atoms with Gasteiger partial charge in [0.15, 0.2) is 0 Å². The minimum atomic E-state index is -3.51. The van der Waals surface area contributed by atoms with Gasteiger partial charge in [0, 0.05) is 37.6 Å². The number of hydrogen-bond acceptors (Lipinski definition) is 5. The molecular formula is C17H20ClN3O4S. The van der Waals surface area contributed by atoms with E-state index in [2.05, 4.69) is 4.98 Å². The first-order chi connectivity index (χ1) is 12.3. The molecule has 1 fully saturated rings. The smallest absolute Gasteiger partial charge is 0.257 e. The predicted molar refractivity (Wildman–Crippen MR) is 97.3 cm³/mol. The van der Waals surface area contributed by atoms with E-state index in [1.54, 1.807) is 36.3 Å². The van der Waals surface area contributed by atoms with Gasteiger partial charge in [0.05, 0.1) is 17.9 Å². The Bertz CT molecular complexity index is 918. The Morgan fingerprint density at radius 2 is 2.00 bits per heavy atom. The molecule has 2 heterocycles. The number of imidazole rings is 1. The molecule has 140 valence electrons. The van der Waals surface area contributed by atoms with Crippen molar-refractivity contribution in [2.75, 3.05) is 20.2 Å². The van der Waals surface area contributed by atoms with E-state index in [1.165, 1.54) is 17.9 Å². The normalized spacial score (nSPS) is 15.9. The molecule has 0 aliphatic carbocycles. The Hall–Kier alpha value is -2.06. The third kappa shape index (κ3) is 3.43. The number of halogens is 1. The van der Waals surface area contributed by atoms with Crippen LogP contribution in [-0.4, -0.2) is 54.2 Å². The first kappa shape index (κ1) is 18.7. The van der Waals surface area contributed by atoms with Crippen molar-refractivity contribution in [1.29, 1.82) is 0 Å². The molecule has 1 aromatic heterocycles. The second-order valence-electron chi connectivity index (χ2n) is 6.20. The Kier molecular flexibility index (Phi) is 5.24. The third-order valence-electron chi connectivity index (χ3n) is 4.59. The van der Waals surface area contributed by atoms with Crippen LogP contribution in [0.15, 0.2) is 35.7 Å². The lowest BCUT2D eigenvalue weighted by Crippen LogP contribution is -2.43. The van der Waals surface area contributed by atoms with Crippen molar-refractivity contribution in [2.24, 2.45) is 7.05 Å². The lowest BCUT2D eigenvalue weighted by molar-refractivity contribution is 0.0722. The summed E-state index contributed by atoms with van der Waals surface area (Å²) in [4.78, 5) is 18.4. The fourth-order valence-electron chi connectivity index (χ4n) is 3.16. The van der Waals surface area contributed by atoms with Gasteiger partial charge in [-0.2, -0.15) is 0 Å². The molecule has 3 rings (SSSR count). The van der Waals surface area contributed by atoms with E-state index in [9.17, 15) is 13.2 Å². The minimum Gasteiger partial charge on any atom is -0.496 e. The summed E-state index contributed by atoms with van der Waals surface area (Å²) in [6.07, 6.45) is 3.81. The van der Waals surface area contributed by atoms with Gasteiger partial charge in [-0.1, -0.05) is 11.6 Å². The van der Waals surface area contributed by atoms with Crippen LogP contribution in [0.4, 0.5) is 0 Å². The van der Waals surface area contributed by atoms with Crippen molar-refractivity contribution in [2.45, 2.75) is 23.2 Å². The van der Waals surface area contributed by atoms with Gasteiger partial charge in [-0.15, -0.1) is 0 Å². The molecule has 1 saturated heterocycles. The minimum absolute atomic E-state index is 0.0683. The van der Waals surface area contributed by atoms with E-state index >= 15 is 0 Å². The predicted octanol–water partition coefficient (Wildman–Crippen LogP) is 2.16. The molecule has 9 heteroatoms. The van der Waals surface area contributed by atoms with Gasteiger partial charge < -0.3 is 14.2 Å². The van der Waals surface area contributed by atoms with Crippen LogP contribution in [0.2, 0.25) is 5.02 Å². The fraction of sp³-hybridized carbons (Fsp3) is 0.412. The molecule has 0 N–H and O–H groups in total. The quantitative estimate of drug-likeness (QED) is 0.789. The molecule has 0 spiro atoms. The average Bonchev–Trinajstić information content (AvgIpc) is 3.08. The number of aromatic nitrogens is 2. The second kappa shape index (κ2) is 7.28. The maximum absolute atomic E-state index is 12.8. The molecule has 7 nitrogen and oxygen atoms in total. The Balaban J connectivity index is 1.74. The molecule has 0 radical (unpaired) electrons. The van der Waals surface area contributed by atoms with E-state index < -0.39 is 15.1 Å². The highest BCUT2D eigenvalue weighted by atomic mass is 35.5. The number of rotatable bonds is 4. The molecule has 26 heavy (non-hydrogen) atoms. The lowest BCUT2D eigenvalue weighted by atomic mass is 10.1. The summed E-state index contributed by atoms with van der Waals surface area (Å²) >= 11 is 6.00. The summed E-state index contributed by atoms with van der Waals surface area (Å²) in [7, 11) is -0.366. The van der Waals surface area contributed by atoms with Crippen LogP contribution >= 0.6 is 11.6 Å². The van der Waals surface area contributed by atoms with Gasteiger partial charge in [0.1, 0.15) is 5.75 Å². The fourth-order valence-corrected chi connectivity index (χ4v) is 5.13. The molecule has 2 aromatic rings. The van der Waals surface area contributed by atoms with Crippen molar-refractivity contribution in [3.05, 3.63) is 41.2 Å². The van der Waals surface area contributed by atoms with Gasteiger partial charge >= 0.3 is 0 Å². The van der Waals surface area contributed by atoms with Crippen LogP contribution in [0.5, 0.6) is 5.75 Å². The van der Waals surface area contributed by atoms with Gasteiger partial charge in [-0.25, -0.2) is 13.4 Å². The van der Waals surface area contributed by atoms with E-state index in [4.69, 9.17) is 16.3 Å². The molecule has 1 amide bonds. The maximum atomic E-state index is 12.8. The zero-order valence-electron chi connectivity index (χ0n) is 14.6. The number of piperidine rings is 1. The van der Waals surface area contributed by atoms with E-state index in [0.29, 0.717) is 42.3 Å². The zero-order valence-corrected chi connectivity index (χ0v) is 16.1. The highest BCUT2D eigenvalue weighted by Gasteiger charge is 2.35. The second-order valence-corrected chi connectivity index (χ2v) is 8.76. The number of carbonyl (C=O) groups excluding carboxylic acids is 1. The number of nitrogens with zero attached hydrogens (tertiary/aromatic N) is 3. The molecule has 0 saturated carbocycles. The van der Waals surface area contributed by atoms with Crippen molar-refractivity contribution < 1.29 is 17.9 Å². The molecular weight excluding hydrogens is 378 g/mol. The molecule has 0 atom stereocenters. The summed E-state index contributed by atoms with van der Waals surface area (Å²) in [5.41, 5.74) is 0.380. The van der Waals surface area contributed by atoms with Crippen LogP contribution in [-0.2, 0) is 16.9 Å². The van der Waals surface area contributed by atoms with E-state index in [0.717, 1.165) is 0 Å².